The minimum Gasteiger partial charge on any atom is -0.497 e. The number of amides is 5. The third kappa shape index (κ3) is 6.87. The molecule has 0 aromatic heterocycles. The van der Waals surface area contributed by atoms with Crippen LogP contribution >= 0.6 is 27.5 Å². The van der Waals surface area contributed by atoms with Crippen LogP contribution in [-0.2, 0) is 14.4 Å². The van der Waals surface area contributed by atoms with Gasteiger partial charge in [0, 0.05) is 10.7 Å². The first-order chi connectivity index (χ1) is 19.6. The molecule has 12 heteroatoms. The average molecular weight is 643 g/mol. The highest BCUT2D eigenvalue weighted by atomic mass is 79.9. The van der Waals surface area contributed by atoms with E-state index < -0.39 is 23.8 Å². The van der Waals surface area contributed by atoms with Gasteiger partial charge in [0.25, 0.3) is 17.7 Å². The van der Waals surface area contributed by atoms with Gasteiger partial charge in [-0.25, -0.2) is 9.69 Å². The fourth-order valence-corrected chi connectivity index (χ4v) is 4.61. The molecule has 0 saturated carbocycles. The number of aryl methyl sites for hydroxylation is 1. The summed E-state index contributed by atoms with van der Waals surface area (Å²) in [4.78, 5) is 51.8. The number of anilines is 2. The Bertz CT molecular complexity index is 1560. The number of ether oxygens (including phenoxy) is 3. The maximum Gasteiger partial charge on any atom is 0.335 e. The Kier molecular flexibility index (Phi) is 9.31. The molecule has 1 fully saturated rings. The third-order valence-electron chi connectivity index (χ3n) is 5.88. The molecule has 1 aliphatic rings. The third-order valence-corrected chi connectivity index (χ3v) is 6.88. The molecule has 0 aliphatic carbocycles. The molecule has 1 aliphatic heterocycles. The van der Waals surface area contributed by atoms with Crippen LogP contribution in [0.1, 0.15) is 18.1 Å². The van der Waals surface area contributed by atoms with Crippen LogP contribution < -0.4 is 29.7 Å². The van der Waals surface area contributed by atoms with E-state index >= 15 is 0 Å². The quantitative estimate of drug-likeness (QED) is 0.233. The molecule has 0 unspecified atom stereocenters. The standard InChI is InChI=1S/C29H25BrClN3O7/c1-4-40-24-13-17(12-22(30)26(24)41-15-25(35)32-18-6-9-20(39-3)10-7-18)11-21-27(36)33-29(38)34(28(21)37)19-8-5-16(2)23(31)14-19/h5-14H,4,15H2,1-3H3,(H,32,35)(H,33,36,38)/b21-11+. The molecule has 41 heavy (non-hydrogen) atoms. The Morgan fingerprint density at radius 2 is 1.80 bits per heavy atom. The number of barbiturate groups is 1. The van der Waals surface area contributed by atoms with E-state index in [1.165, 1.54) is 12.1 Å². The Balaban J connectivity index is 1.57. The minimum atomic E-state index is -0.884. The zero-order valence-corrected chi connectivity index (χ0v) is 24.6. The summed E-state index contributed by atoms with van der Waals surface area (Å²) in [5.74, 6) is -0.883. The highest BCUT2D eigenvalue weighted by Crippen LogP contribution is 2.38. The summed E-state index contributed by atoms with van der Waals surface area (Å²) in [5.41, 5.74) is 1.69. The molecule has 0 bridgehead atoms. The molecule has 0 atom stereocenters. The summed E-state index contributed by atoms with van der Waals surface area (Å²) in [7, 11) is 1.55. The topological polar surface area (TPSA) is 123 Å². The van der Waals surface area contributed by atoms with Crippen LogP contribution in [0, 0.1) is 6.92 Å². The monoisotopic (exact) mass is 641 g/mol. The van der Waals surface area contributed by atoms with E-state index in [1.54, 1.807) is 69.5 Å². The van der Waals surface area contributed by atoms with Gasteiger partial charge in [0.15, 0.2) is 18.1 Å². The van der Waals surface area contributed by atoms with Gasteiger partial charge in [-0.2, -0.15) is 0 Å². The highest BCUT2D eigenvalue weighted by Gasteiger charge is 2.37. The smallest absolute Gasteiger partial charge is 0.335 e. The van der Waals surface area contributed by atoms with Crippen LogP contribution in [0.3, 0.4) is 0 Å². The van der Waals surface area contributed by atoms with Gasteiger partial charge in [0.2, 0.25) is 0 Å². The lowest BCUT2D eigenvalue weighted by Gasteiger charge is -2.26. The maximum atomic E-state index is 13.3. The van der Waals surface area contributed by atoms with Crippen LogP contribution in [0.15, 0.2) is 64.6 Å². The first-order valence-electron chi connectivity index (χ1n) is 12.3. The Morgan fingerprint density at radius 1 is 1.07 bits per heavy atom. The molecular weight excluding hydrogens is 618 g/mol. The average Bonchev–Trinajstić information content (AvgIpc) is 2.93. The van der Waals surface area contributed by atoms with Crippen molar-refractivity contribution in [3.63, 3.8) is 0 Å². The van der Waals surface area contributed by atoms with E-state index in [9.17, 15) is 19.2 Å². The van der Waals surface area contributed by atoms with Gasteiger partial charge < -0.3 is 19.5 Å². The molecule has 0 spiro atoms. The van der Waals surface area contributed by atoms with Crippen molar-refractivity contribution >= 4 is 68.7 Å². The molecule has 5 amide bonds. The fourth-order valence-electron chi connectivity index (χ4n) is 3.86. The molecular formula is C29H25BrClN3O7. The summed E-state index contributed by atoms with van der Waals surface area (Å²) in [6.45, 7) is 3.51. The molecule has 1 heterocycles. The predicted molar refractivity (Wildman–Crippen MR) is 158 cm³/mol. The number of carbonyl (C=O) groups excluding carboxylic acids is 4. The van der Waals surface area contributed by atoms with Crippen molar-refractivity contribution in [2.45, 2.75) is 13.8 Å². The SMILES string of the molecule is CCOc1cc(/C=C2\C(=O)NC(=O)N(c3ccc(C)c(Cl)c3)C2=O)cc(Br)c1OCC(=O)Nc1ccc(OC)cc1. The number of benzene rings is 3. The van der Waals surface area contributed by atoms with E-state index in [2.05, 4.69) is 26.6 Å². The first kappa shape index (κ1) is 29.6. The van der Waals surface area contributed by atoms with E-state index in [0.29, 0.717) is 26.5 Å². The van der Waals surface area contributed by atoms with Crippen LogP contribution in [0.5, 0.6) is 17.2 Å². The molecule has 3 aromatic carbocycles. The number of methoxy groups -OCH3 is 1. The summed E-state index contributed by atoms with van der Waals surface area (Å²) >= 11 is 9.61. The van der Waals surface area contributed by atoms with Crippen molar-refractivity contribution in [2.24, 2.45) is 0 Å². The lowest BCUT2D eigenvalue weighted by atomic mass is 10.1. The van der Waals surface area contributed by atoms with Gasteiger partial charge in [-0.05, 0) is 95.5 Å². The molecule has 10 nitrogen and oxygen atoms in total. The maximum absolute atomic E-state index is 13.3. The number of rotatable bonds is 9. The summed E-state index contributed by atoms with van der Waals surface area (Å²) < 4.78 is 17.0. The van der Waals surface area contributed by atoms with Gasteiger partial charge in [-0.3, -0.25) is 19.7 Å². The summed E-state index contributed by atoms with van der Waals surface area (Å²) in [6.07, 6.45) is 1.33. The summed E-state index contributed by atoms with van der Waals surface area (Å²) in [5, 5.41) is 5.28. The van der Waals surface area contributed by atoms with E-state index in [0.717, 1.165) is 10.5 Å². The molecule has 4 rings (SSSR count). The fraction of sp³-hybridized carbons (Fsp3) is 0.172. The number of hydrogen-bond acceptors (Lipinski definition) is 7. The Morgan fingerprint density at radius 3 is 2.46 bits per heavy atom. The van der Waals surface area contributed by atoms with Gasteiger partial charge in [0.05, 0.1) is 23.9 Å². The number of urea groups is 1. The van der Waals surface area contributed by atoms with E-state index in [1.807, 2.05) is 0 Å². The Labute approximate surface area is 249 Å². The van der Waals surface area contributed by atoms with Crippen molar-refractivity contribution < 1.29 is 33.4 Å². The van der Waals surface area contributed by atoms with Gasteiger partial charge >= 0.3 is 6.03 Å². The van der Waals surface area contributed by atoms with Crippen LogP contribution in [-0.4, -0.2) is 44.1 Å². The summed E-state index contributed by atoms with van der Waals surface area (Å²) in [6, 6.07) is 13.8. The lowest BCUT2D eigenvalue weighted by Crippen LogP contribution is -2.54. The van der Waals surface area contributed by atoms with E-state index in [-0.39, 0.29) is 36.0 Å². The van der Waals surface area contributed by atoms with Crippen molar-refractivity contribution in [2.75, 3.05) is 30.5 Å². The zero-order valence-electron chi connectivity index (χ0n) is 22.2. The molecule has 2 N–H and O–H groups in total. The van der Waals surface area contributed by atoms with Crippen LogP contribution in [0.2, 0.25) is 5.02 Å². The van der Waals surface area contributed by atoms with Gasteiger partial charge in [0.1, 0.15) is 11.3 Å². The molecule has 3 aromatic rings. The number of nitrogens with zero attached hydrogens (tertiary/aromatic N) is 1. The largest absolute Gasteiger partial charge is 0.497 e. The molecule has 1 saturated heterocycles. The van der Waals surface area contributed by atoms with Crippen molar-refractivity contribution in [1.29, 1.82) is 0 Å². The Hall–Kier alpha value is -4.35. The van der Waals surface area contributed by atoms with Crippen molar-refractivity contribution in [3.8, 4) is 17.2 Å². The van der Waals surface area contributed by atoms with Gasteiger partial charge in [-0.1, -0.05) is 17.7 Å². The zero-order chi connectivity index (χ0) is 29.7. The normalized spacial score (nSPS) is 14.1. The van der Waals surface area contributed by atoms with Crippen molar-refractivity contribution in [3.05, 3.63) is 80.8 Å². The minimum absolute atomic E-state index is 0.217. The molecule has 212 valence electrons. The van der Waals surface area contributed by atoms with E-state index in [4.69, 9.17) is 25.8 Å². The van der Waals surface area contributed by atoms with Crippen LogP contribution in [0.25, 0.3) is 6.08 Å². The second-order valence-corrected chi connectivity index (χ2v) is 9.98. The predicted octanol–water partition coefficient (Wildman–Crippen LogP) is 5.50. The second-order valence-electron chi connectivity index (χ2n) is 8.72. The number of imide groups is 2. The number of carbonyl (C=O) groups is 4. The van der Waals surface area contributed by atoms with Crippen molar-refractivity contribution in [1.82, 2.24) is 5.32 Å². The number of halogens is 2. The number of nitrogens with one attached hydrogen (secondary N) is 2. The van der Waals surface area contributed by atoms with Gasteiger partial charge in [-0.15, -0.1) is 0 Å². The number of hydrogen-bond donors (Lipinski definition) is 2. The lowest BCUT2D eigenvalue weighted by molar-refractivity contribution is -0.122. The van der Waals surface area contributed by atoms with Crippen LogP contribution in [0.4, 0.5) is 16.2 Å². The highest BCUT2D eigenvalue weighted by molar-refractivity contribution is 9.10. The first-order valence-corrected chi connectivity index (χ1v) is 13.5. The molecule has 0 radical (unpaired) electrons. The second kappa shape index (κ2) is 12.9.